The minimum absolute atomic E-state index is 0.0678. The zero-order chi connectivity index (χ0) is 20.7. The van der Waals surface area contributed by atoms with E-state index in [9.17, 15) is 19.7 Å². The van der Waals surface area contributed by atoms with Crippen LogP contribution in [0.3, 0.4) is 0 Å². The highest BCUT2D eigenvalue weighted by Gasteiger charge is 2.26. The molecule has 0 aliphatic heterocycles. The molecule has 0 radical (unpaired) electrons. The Kier molecular flexibility index (Phi) is 7.08. The molecular formula is C20H22N2O6. The summed E-state index contributed by atoms with van der Waals surface area (Å²) >= 11 is 0. The Bertz CT molecular complexity index is 881. The van der Waals surface area contributed by atoms with Gasteiger partial charge in [-0.25, -0.2) is 0 Å². The van der Waals surface area contributed by atoms with E-state index in [0.29, 0.717) is 16.9 Å². The first-order valence-electron chi connectivity index (χ1n) is 8.71. The molecule has 2 rings (SSSR count). The van der Waals surface area contributed by atoms with Gasteiger partial charge in [0, 0.05) is 5.56 Å². The summed E-state index contributed by atoms with van der Waals surface area (Å²) in [6.45, 7) is 3.46. The van der Waals surface area contributed by atoms with Crippen LogP contribution in [0, 0.1) is 17.0 Å². The van der Waals surface area contributed by atoms with Crippen LogP contribution in [0.4, 0.5) is 5.69 Å². The number of nitrogens with one attached hydrogen (secondary N) is 1. The third-order valence-corrected chi connectivity index (χ3v) is 4.14. The SMILES string of the molecule is CCOC(=O)CC(NC(=O)c1cccc(C)c1[N+](=O)[O-])c1cccc(OC)c1. The van der Waals surface area contributed by atoms with E-state index in [1.807, 2.05) is 0 Å². The number of benzene rings is 2. The topological polar surface area (TPSA) is 108 Å². The van der Waals surface area contributed by atoms with Crippen LogP contribution in [0.2, 0.25) is 0 Å². The van der Waals surface area contributed by atoms with Gasteiger partial charge in [0.1, 0.15) is 11.3 Å². The Hall–Kier alpha value is -3.42. The number of nitro groups is 1. The molecule has 2 aromatic carbocycles. The molecule has 0 saturated carbocycles. The van der Waals surface area contributed by atoms with E-state index in [2.05, 4.69) is 5.32 Å². The van der Waals surface area contributed by atoms with Crippen molar-refractivity contribution >= 4 is 17.6 Å². The average molecular weight is 386 g/mol. The first-order chi connectivity index (χ1) is 13.4. The van der Waals surface area contributed by atoms with Crippen molar-refractivity contribution in [2.24, 2.45) is 0 Å². The molecule has 1 amide bonds. The lowest BCUT2D eigenvalue weighted by atomic mass is 10.0. The van der Waals surface area contributed by atoms with Crippen molar-refractivity contribution in [2.75, 3.05) is 13.7 Å². The maximum Gasteiger partial charge on any atom is 0.308 e. The number of ether oxygens (including phenoxy) is 2. The predicted octanol–water partition coefficient (Wildman–Crippen LogP) is 3.34. The number of amides is 1. The Balaban J connectivity index is 2.37. The fraction of sp³-hybridized carbons (Fsp3) is 0.300. The minimum Gasteiger partial charge on any atom is -0.497 e. The van der Waals surface area contributed by atoms with Crippen molar-refractivity contribution < 1.29 is 24.0 Å². The molecule has 148 valence electrons. The normalized spacial score (nSPS) is 11.4. The summed E-state index contributed by atoms with van der Waals surface area (Å²) in [6, 6.07) is 10.7. The largest absolute Gasteiger partial charge is 0.497 e. The van der Waals surface area contributed by atoms with E-state index in [4.69, 9.17) is 9.47 Å². The van der Waals surface area contributed by atoms with Gasteiger partial charge in [-0.3, -0.25) is 19.7 Å². The summed E-state index contributed by atoms with van der Waals surface area (Å²) in [5.74, 6) is -0.580. The fourth-order valence-electron chi connectivity index (χ4n) is 2.82. The molecule has 0 fully saturated rings. The van der Waals surface area contributed by atoms with E-state index < -0.39 is 22.8 Å². The minimum atomic E-state index is -0.734. The van der Waals surface area contributed by atoms with Crippen molar-refractivity contribution in [1.29, 1.82) is 0 Å². The van der Waals surface area contributed by atoms with Crippen LogP contribution in [0.1, 0.15) is 40.9 Å². The number of nitro benzene ring substituents is 1. The van der Waals surface area contributed by atoms with Gasteiger partial charge < -0.3 is 14.8 Å². The molecular weight excluding hydrogens is 364 g/mol. The van der Waals surface area contributed by atoms with Crippen LogP contribution in [0.25, 0.3) is 0 Å². The maximum absolute atomic E-state index is 12.8. The second kappa shape index (κ2) is 9.50. The number of nitrogens with zero attached hydrogens (tertiary/aromatic N) is 1. The lowest BCUT2D eigenvalue weighted by Gasteiger charge is -2.19. The zero-order valence-electron chi connectivity index (χ0n) is 15.9. The number of hydrogen-bond acceptors (Lipinski definition) is 6. The number of rotatable bonds is 8. The van der Waals surface area contributed by atoms with E-state index in [0.717, 1.165) is 0 Å². The molecule has 0 saturated heterocycles. The second-order valence-corrected chi connectivity index (χ2v) is 6.04. The van der Waals surface area contributed by atoms with Gasteiger partial charge in [0.2, 0.25) is 0 Å². The van der Waals surface area contributed by atoms with E-state index in [1.54, 1.807) is 50.2 Å². The summed E-state index contributed by atoms with van der Waals surface area (Å²) in [6.07, 6.45) is -0.119. The van der Waals surface area contributed by atoms with Crippen molar-refractivity contribution in [3.8, 4) is 5.75 Å². The number of esters is 1. The standard InChI is InChI=1S/C20H22N2O6/c1-4-28-18(23)12-17(14-8-6-9-15(11-14)27-3)21-20(24)16-10-5-7-13(2)19(16)22(25)26/h5-11,17H,4,12H2,1-3H3,(H,21,24). The Morgan fingerprint density at radius 2 is 1.93 bits per heavy atom. The molecule has 0 bridgehead atoms. The van der Waals surface area contributed by atoms with Crippen molar-refractivity contribution in [2.45, 2.75) is 26.3 Å². The van der Waals surface area contributed by atoms with Crippen LogP contribution in [-0.4, -0.2) is 30.5 Å². The molecule has 2 aromatic rings. The highest BCUT2D eigenvalue weighted by Crippen LogP contribution is 2.26. The zero-order valence-corrected chi connectivity index (χ0v) is 15.9. The van der Waals surface area contributed by atoms with Crippen LogP contribution in [-0.2, 0) is 9.53 Å². The lowest BCUT2D eigenvalue weighted by Crippen LogP contribution is -2.31. The third kappa shape index (κ3) is 5.06. The second-order valence-electron chi connectivity index (χ2n) is 6.04. The quantitative estimate of drug-likeness (QED) is 0.423. The molecule has 28 heavy (non-hydrogen) atoms. The molecule has 0 aliphatic rings. The first-order valence-corrected chi connectivity index (χ1v) is 8.71. The maximum atomic E-state index is 12.8. The molecule has 1 atom stereocenters. The summed E-state index contributed by atoms with van der Waals surface area (Å²) in [7, 11) is 1.51. The van der Waals surface area contributed by atoms with Crippen LogP contribution >= 0.6 is 0 Å². The fourth-order valence-corrected chi connectivity index (χ4v) is 2.82. The molecule has 8 heteroatoms. The van der Waals surface area contributed by atoms with Crippen molar-refractivity contribution in [3.63, 3.8) is 0 Å². The Morgan fingerprint density at radius 1 is 1.21 bits per heavy atom. The first kappa shape index (κ1) is 20.9. The summed E-state index contributed by atoms with van der Waals surface area (Å²) in [5, 5.41) is 14.1. The van der Waals surface area contributed by atoms with E-state index in [-0.39, 0.29) is 24.3 Å². The van der Waals surface area contributed by atoms with Crippen molar-refractivity contribution in [3.05, 3.63) is 69.3 Å². The molecule has 8 nitrogen and oxygen atoms in total. The number of para-hydroxylation sites is 1. The third-order valence-electron chi connectivity index (χ3n) is 4.14. The van der Waals surface area contributed by atoms with Gasteiger partial charge in [0.05, 0.1) is 31.1 Å². The molecule has 1 unspecified atom stereocenters. The molecule has 0 aromatic heterocycles. The van der Waals surface area contributed by atoms with E-state index >= 15 is 0 Å². The molecule has 0 aliphatic carbocycles. The van der Waals surface area contributed by atoms with Crippen molar-refractivity contribution in [1.82, 2.24) is 5.32 Å². The van der Waals surface area contributed by atoms with Gasteiger partial charge in [-0.1, -0.05) is 24.3 Å². The Morgan fingerprint density at radius 3 is 2.57 bits per heavy atom. The van der Waals surface area contributed by atoms with Gasteiger partial charge in [-0.15, -0.1) is 0 Å². The number of carbonyl (C=O) groups is 2. The number of carbonyl (C=O) groups excluding carboxylic acids is 2. The molecule has 0 spiro atoms. The predicted molar refractivity (Wildman–Crippen MR) is 102 cm³/mol. The summed E-state index contributed by atoms with van der Waals surface area (Å²) < 4.78 is 10.2. The Labute approximate surface area is 162 Å². The van der Waals surface area contributed by atoms with Gasteiger partial charge in [-0.2, -0.15) is 0 Å². The number of hydrogen-bond donors (Lipinski definition) is 1. The van der Waals surface area contributed by atoms with Crippen LogP contribution < -0.4 is 10.1 Å². The number of aryl methyl sites for hydroxylation is 1. The summed E-state index contributed by atoms with van der Waals surface area (Å²) in [4.78, 5) is 35.6. The van der Waals surface area contributed by atoms with Gasteiger partial charge in [0.15, 0.2) is 0 Å². The molecule has 0 heterocycles. The smallest absolute Gasteiger partial charge is 0.308 e. The highest BCUT2D eigenvalue weighted by atomic mass is 16.6. The average Bonchev–Trinajstić information content (AvgIpc) is 2.67. The highest BCUT2D eigenvalue weighted by molar-refractivity contribution is 5.99. The van der Waals surface area contributed by atoms with Gasteiger partial charge >= 0.3 is 5.97 Å². The van der Waals surface area contributed by atoms with Crippen LogP contribution in [0.15, 0.2) is 42.5 Å². The molecule has 1 N–H and O–H groups in total. The van der Waals surface area contributed by atoms with Gasteiger partial charge in [-0.05, 0) is 37.6 Å². The number of methoxy groups -OCH3 is 1. The summed E-state index contributed by atoms with van der Waals surface area (Å²) in [5.41, 5.74) is 0.666. The van der Waals surface area contributed by atoms with Gasteiger partial charge in [0.25, 0.3) is 11.6 Å². The van der Waals surface area contributed by atoms with Crippen LogP contribution in [0.5, 0.6) is 5.75 Å². The monoisotopic (exact) mass is 386 g/mol. The van der Waals surface area contributed by atoms with E-state index in [1.165, 1.54) is 13.2 Å². The lowest BCUT2D eigenvalue weighted by molar-refractivity contribution is -0.385.